The Morgan fingerprint density at radius 3 is 2.27 bits per heavy atom. The summed E-state index contributed by atoms with van der Waals surface area (Å²) in [6.07, 6.45) is 0.114. The summed E-state index contributed by atoms with van der Waals surface area (Å²) in [6, 6.07) is 6.69. The molecule has 1 rings (SSSR count). The van der Waals surface area contributed by atoms with Crippen LogP contribution >= 0.6 is 0 Å². The van der Waals surface area contributed by atoms with Crippen LogP contribution in [0.15, 0.2) is 24.3 Å². The van der Waals surface area contributed by atoms with E-state index in [1.807, 2.05) is 0 Å². The van der Waals surface area contributed by atoms with Crippen molar-refractivity contribution in [2.24, 2.45) is 0 Å². The van der Waals surface area contributed by atoms with E-state index < -0.39 is 0 Å². The number of benzene rings is 1. The van der Waals surface area contributed by atoms with E-state index in [2.05, 4.69) is 9.47 Å². The lowest BCUT2D eigenvalue weighted by Crippen LogP contribution is -2.04. The average Bonchev–Trinajstić information content (AvgIpc) is 2.22. The van der Waals surface area contributed by atoms with E-state index in [1.165, 1.54) is 13.2 Å². The molecule has 0 spiro atoms. The van der Waals surface area contributed by atoms with Crippen molar-refractivity contribution >= 4 is 5.97 Å². The number of aromatic hydroxyl groups is 1. The zero-order valence-corrected chi connectivity index (χ0v) is 9.19. The highest BCUT2D eigenvalue weighted by Gasteiger charge is 2.05. The van der Waals surface area contributed by atoms with E-state index in [0.29, 0.717) is 5.56 Å². The summed E-state index contributed by atoms with van der Waals surface area (Å²) in [5.41, 5.74) is 0.587. The van der Waals surface area contributed by atoms with Gasteiger partial charge in [-0.1, -0.05) is 18.2 Å². The van der Waals surface area contributed by atoms with Gasteiger partial charge < -0.3 is 14.6 Å². The van der Waals surface area contributed by atoms with Gasteiger partial charge in [0.2, 0.25) is 0 Å². The summed E-state index contributed by atoms with van der Waals surface area (Å²) >= 11 is 0. The van der Waals surface area contributed by atoms with Gasteiger partial charge in [-0.05, 0) is 6.07 Å². The van der Waals surface area contributed by atoms with Crippen molar-refractivity contribution in [3.63, 3.8) is 0 Å². The van der Waals surface area contributed by atoms with Gasteiger partial charge in [0, 0.05) is 19.8 Å². The van der Waals surface area contributed by atoms with E-state index in [0.717, 1.165) is 0 Å². The second-order valence-corrected chi connectivity index (χ2v) is 2.79. The first-order valence-electron chi connectivity index (χ1n) is 4.39. The quantitative estimate of drug-likeness (QED) is 0.752. The maximum absolute atomic E-state index is 10.8. The first kappa shape index (κ1) is 13.4. The molecule has 0 saturated carbocycles. The lowest BCUT2D eigenvalue weighted by molar-refractivity contribution is -0.139. The molecule has 0 radical (unpaired) electrons. The predicted molar refractivity (Wildman–Crippen MR) is 56.8 cm³/mol. The van der Waals surface area contributed by atoms with Crippen LogP contribution in [0.2, 0.25) is 0 Å². The first-order valence-corrected chi connectivity index (χ1v) is 4.39. The first-order chi connectivity index (χ1) is 7.15. The Balaban J connectivity index is 0.000000583. The number of phenols is 1. The van der Waals surface area contributed by atoms with Gasteiger partial charge in [0.15, 0.2) is 0 Å². The van der Waals surface area contributed by atoms with E-state index in [9.17, 15) is 9.90 Å². The Labute approximate surface area is 89.4 Å². The molecule has 1 N–H and O–H groups in total. The number of esters is 1. The molecule has 0 atom stereocenters. The molecule has 0 aliphatic carbocycles. The fourth-order valence-electron chi connectivity index (χ4n) is 0.888. The second kappa shape index (κ2) is 7.82. The fourth-order valence-corrected chi connectivity index (χ4v) is 0.888. The van der Waals surface area contributed by atoms with E-state index in [1.54, 1.807) is 32.4 Å². The van der Waals surface area contributed by atoms with Crippen molar-refractivity contribution in [3.8, 4) is 5.75 Å². The van der Waals surface area contributed by atoms with Crippen molar-refractivity contribution in [3.05, 3.63) is 29.8 Å². The highest BCUT2D eigenvalue weighted by Crippen LogP contribution is 2.15. The van der Waals surface area contributed by atoms with Gasteiger partial charge in [0.1, 0.15) is 5.75 Å². The van der Waals surface area contributed by atoms with Crippen LogP contribution in [-0.4, -0.2) is 32.4 Å². The van der Waals surface area contributed by atoms with Gasteiger partial charge in [-0.2, -0.15) is 0 Å². The molecule has 84 valence electrons. The minimum Gasteiger partial charge on any atom is -0.508 e. The molecule has 0 aromatic heterocycles. The molecule has 0 unspecified atom stereocenters. The van der Waals surface area contributed by atoms with Gasteiger partial charge in [-0.25, -0.2) is 0 Å². The third kappa shape index (κ3) is 5.70. The Morgan fingerprint density at radius 1 is 1.27 bits per heavy atom. The largest absolute Gasteiger partial charge is 0.508 e. The third-order valence-electron chi connectivity index (χ3n) is 1.55. The summed E-state index contributed by atoms with van der Waals surface area (Å²) in [7, 11) is 4.57. The average molecular weight is 212 g/mol. The minimum atomic E-state index is -0.350. The Hall–Kier alpha value is -1.55. The molecule has 0 bridgehead atoms. The standard InChI is InChI=1S/C9H10O3.C2H6O/c1-12-9(11)6-7-4-2-3-5-8(7)10;1-3-2/h2-5,10H,6H2,1H3;1-2H3. The van der Waals surface area contributed by atoms with Crippen molar-refractivity contribution < 1.29 is 19.4 Å². The predicted octanol–water partition coefficient (Wildman–Crippen LogP) is 1.37. The van der Waals surface area contributed by atoms with Crippen LogP contribution in [0.25, 0.3) is 0 Å². The third-order valence-corrected chi connectivity index (χ3v) is 1.55. The number of rotatable bonds is 2. The molecule has 4 heteroatoms. The number of para-hydroxylation sites is 1. The van der Waals surface area contributed by atoms with Crippen LogP contribution in [0.3, 0.4) is 0 Å². The number of methoxy groups -OCH3 is 2. The van der Waals surface area contributed by atoms with Crippen LogP contribution in [0.4, 0.5) is 0 Å². The van der Waals surface area contributed by atoms with Gasteiger partial charge in [0.05, 0.1) is 13.5 Å². The van der Waals surface area contributed by atoms with Gasteiger partial charge in [-0.3, -0.25) is 4.79 Å². The van der Waals surface area contributed by atoms with Crippen LogP contribution < -0.4 is 0 Å². The molecule has 0 aliphatic heterocycles. The topological polar surface area (TPSA) is 55.8 Å². The van der Waals surface area contributed by atoms with Crippen LogP contribution in [0, 0.1) is 0 Å². The number of carbonyl (C=O) groups is 1. The molecule has 15 heavy (non-hydrogen) atoms. The number of carbonyl (C=O) groups excluding carboxylic acids is 1. The monoisotopic (exact) mass is 212 g/mol. The summed E-state index contributed by atoms with van der Waals surface area (Å²) in [5, 5.41) is 9.25. The molecule has 1 aromatic carbocycles. The fraction of sp³-hybridized carbons (Fsp3) is 0.364. The van der Waals surface area contributed by atoms with Crippen LogP contribution in [-0.2, 0) is 20.7 Å². The lowest BCUT2D eigenvalue weighted by Gasteiger charge is -2.01. The summed E-state index contributed by atoms with van der Waals surface area (Å²) in [6.45, 7) is 0. The smallest absolute Gasteiger partial charge is 0.310 e. The zero-order valence-electron chi connectivity index (χ0n) is 9.19. The van der Waals surface area contributed by atoms with Gasteiger partial charge in [-0.15, -0.1) is 0 Å². The Kier molecular flexibility index (Phi) is 7.01. The molecule has 4 nitrogen and oxygen atoms in total. The Bertz CT molecular complexity index is 296. The van der Waals surface area contributed by atoms with Crippen LogP contribution in [0.5, 0.6) is 5.75 Å². The van der Waals surface area contributed by atoms with Gasteiger partial charge >= 0.3 is 5.97 Å². The molecular weight excluding hydrogens is 196 g/mol. The van der Waals surface area contributed by atoms with E-state index in [4.69, 9.17) is 0 Å². The highest BCUT2D eigenvalue weighted by molar-refractivity contribution is 5.73. The van der Waals surface area contributed by atoms with Crippen molar-refractivity contribution in [1.82, 2.24) is 0 Å². The maximum Gasteiger partial charge on any atom is 0.310 e. The molecule has 0 aliphatic rings. The maximum atomic E-state index is 10.8. The lowest BCUT2D eigenvalue weighted by atomic mass is 10.1. The van der Waals surface area contributed by atoms with Crippen molar-refractivity contribution in [1.29, 1.82) is 0 Å². The van der Waals surface area contributed by atoms with Crippen molar-refractivity contribution in [2.75, 3.05) is 21.3 Å². The molecule has 0 heterocycles. The zero-order chi connectivity index (χ0) is 11.7. The number of ether oxygens (including phenoxy) is 2. The number of phenolic OH excluding ortho intramolecular Hbond substituents is 1. The van der Waals surface area contributed by atoms with Gasteiger partial charge in [0.25, 0.3) is 0 Å². The number of hydrogen-bond donors (Lipinski definition) is 1. The summed E-state index contributed by atoms with van der Waals surface area (Å²) < 4.78 is 8.71. The number of hydrogen-bond acceptors (Lipinski definition) is 4. The minimum absolute atomic E-state index is 0.114. The summed E-state index contributed by atoms with van der Waals surface area (Å²) in [5.74, 6) is -0.223. The molecule has 0 amide bonds. The molecule has 0 saturated heterocycles. The molecule has 1 aromatic rings. The van der Waals surface area contributed by atoms with Crippen LogP contribution in [0.1, 0.15) is 5.56 Å². The normalized spacial score (nSPS) is 8.73. The Morgan fingerprint density at radius 2 is 1.80 bits per heavy atom. The summed E-state index contributed by atoms with van der Waals surface area (Å²) in [4.78, 5) is 10.8. The second-order valence-electron chi connectivity index (χ2n) is 2.79. The SMILES string of the molecule is COC.COC(=O)Cc1ccccc1O. The van der Waals surface area contributed by atoms with Crippen molar-refractivity contribution in [2.45, 2.75) is 6.42 Å². The van der Waals surface area contributed by atoms with E-state index >= 15 is 0 Å². The highest BCUT2D eigenvalue weighted by atomic mass is 16.5. The molecule has 0 fully saturated rings. The molecular formula is C11H16O4. The van der Waals surface area contributed by atoms with E-state index in [-0.39, 0.29) is 18.1 Å².